The molecule has 1 atom stereocenters. The summed E-state index contributed by atoms with van der Waals surface area (Å²) in [6.07, 6.45) is -0.421. The number of anilines is 1. The van der Waals surface area contributed by atoms with E-state index in [-0.39, 0.29) is 16.8 Å². The van der Waals surface area contributed by atoms with Crippen molar-refractivity contribution in [1.29, 1.82) is 0 Å². The van der Waals surface area contributed by atoms with E-state index in [4.69, 9.17) is 9.47 Å². The number of benzene rings is 2. The van der Waals surface area contributed by atoms with E-state index in [1.807, 2.05) is 0 Å². The van der Waals surface area contributed by atoms with Gasteiger partial charge >= 0.3 is 5.97 Å². The molecule has 0 saturated carbocycles. The van der Waals surface area contributed by atoms with Crippen LogP contribution in [0.2, 0.25) is 0 Å². The number of ether oxygens (including phenoxy) is 2. The lowest BCUT2D eigenvalue weighted by Gasteiger charge is -2.29. The first-order valence-corrected chi connectivity index (χ1v) is 11.5. The number of carbonyl (C=O) groups is 5. The van der Waals surface area contributed by atoms with Crippen molar-refractivity contribution in [2.45, 2.75) is 45.7 Å². The molecule has 0 radical (unpaired) electrons. The van der Waals surface area contributed by atoms with Gasteiger partial charge in [0.15, 0.2) is 11.5 Å². The number of nitrogens with one attached hydrogen (secondary N) is 2. The van der Waals surface area contributed by atoms with Gasteiger partial charge in [0.2, 0.25) is 11.8 Å². The highest BCUT2D eigenvalue weighted by atomic mass is 16.5. The van der Waals surface area contributed by atoms with Crippen LogP contribution in [0.15, 0.2) is 36.4 Å². The third-order valence-electron chi connectivity index (χ3n) is 5.81. The van der Waals surface area contributed by atoms with Crippen molar-refractivity contribution in [1.82, 2.24) is 10.2 Å². The molecule has 2 aromatic carbocycles. The summed E-state index contributed by atoms with van der Waals surface area (Å²) >= 11 is 0. The molecule has 1 aliphatic rings. The van der Waals surface area contributed by atoms with Gasteiger partial charge in [-0.15, -0.1) is 0 Å². The number of carboxylic acids is 1. The number of aliphatic carboxylic acids is 1. The smallest absolute Gasteiger partial charge is 0.328 e. The topological polar surface area (TPSA) is 151 Å². The van der Waals surface area contributed by atoms with Gasteiger partial charge in [-0.1, -0.05) is 12.1 Å². The molecule has 2 aromatic rings. The Labute approximate surface area is 213 Å². The van der Waals surface area contributed by atoms with Gasteiger partial charge in [-0.05, 0) is 50.6 Å². The molecular formula is C26H29N3O8. The minimum absolute atomic E-state index is 0.0116. The molecule has 1 aliphatic heterocycles. The van der Waals surface area contributed by atoms with Crippen LogP contribution in [0.1, 0.15) is 66.4 Å². The van der Waals surface area contributed by atoms with Crippen molar-refractivity contribution < 1.29 is 38.6 Å². The third kappa shape index (κ3) is 5.55. The molecule has 11 heteroatoms. The zero-order valence-electron chi connectivity index (χ0n) is 21.2. The van der Waals surface area contributed by atoms with Crippen LogP contribution in [-0.2, 0) is 14.4 Å². The molecule has 196 valence electrons. The molecule has 0 spiro atoms. The summed E-state index contributed by atoms with van der Waals surface area (Å²) < 4.78 is 11.0. The van der Waals surface area contributed by atoms with Crippen LogP contribution in [0.3, 0.4) is 0 Å². The highest BCUT2D eigenvalue weighted by Crippen LogP contribution is 2.39. The van der Waals surface area contributed by atoms with Crippen LogP contribution < -0.4 is 20.1 Å². The van der Waals surface area contributed by atoms with Gasteiger partial charge in [-0.2, -0.15) is 0 Å². The SMILES string of the molecule is CCOc1cc(C(CC(=O)NC(C)(C)C(=O)O)N2C(=O)c3cccc(NC(C)=O)c3C2=O)ccc1OC. The number of nitrogens with zero attached hydrogens (tertiary/aromatic N) is 1. The van der Waals surface area contributed by atoms with E-state index in [1.165, 1.54) is 46.1 Å². The molecular weight excluding hydrogens is 482 g/mol. The van der Waals surface area contributed by atoms with E-state index in [0.717, 1.165) is 4.90 Å². The third-order valence-corrected chi connectivity index (χ3v) is 5.81. The summed E-state index contributed by atoms with van der Waals surface area (Å²) in [7, 11) is 1.46. The van der Waals surface area contributed by atoms with Crippen LogP contribution in [0.5, 0.6) is 11.5 Å². The molecule has 0 bridgehead atoms. The summed E-state index contributed by atoms with van der Waals surface area (Å²) in [6, 6.07) is 8.15. The average molecular weight is 512 g/mol. The first-order valence-electron chi connectivity index (χ1n) is 11.5. The number of fused-ring (bicyclic) bond motifs is 1. The number of rotatable bonds is 10. The number of hydrogen-bond donors (Lipinski definition) is 3. The maximum atomic E-state index is 13.6. The number of amides is 4. The summed E-state index contributed by atoms with van der Waals surface area (Å²) in [5.74, 6) is -2.96. The molecule has 0 aromatic heterocycles. The van der Waals surface area contributed by atoms with Gasteiger partial charge in [-0.25, -0.2) is 4.79 Å². The fraction of sp³-hybridized carbons (Fsp3) is 0.346. The Kier molecular flexibility index (Phi) is 7.85. The van der Waals surface area contributed by atoms with Crippen molar-refractivity contribution >= 4 is 35.3 Å². The summed E-state index contributed by atoms with van der Waals surface area (Å²) in [4.78, 5) is 64.2. The molecule has 0 saturated heterocycles. The second-order valence-corrected chi connectivity index (χ2v) is 8.93. The summed E-state index contributed by atoms with van der Waals surface area (Å²) in [5.41, 5.74) is -0.934. The highest BCUT2D eigenvalue weighted by Gasteiger charge is 2.43. The van der Waals surface area contributed by atoms with Gasteiger partial charge < -0.3 is 25.2 Å². The molecule has 4 amide bonds. The number of imide groups is 1. The first-order chi connectivity index (χ1) is 17.4. The Hall–Kier alpha value is -4.41. The van der Waals surface area contributed by atoms with Crippen molar-refractivity contribution in [2.24, 2.45) is 0 Å². The van der Waals surface area contributed by atoms with Crippen LogP contribution >= 0.6 is 0 Å². The fourth-order valence-electron chi connectivity index (χ4n) is 4.04. The molecule has 0 fully saturated rings. The van der Waals surface area contributed by atoms with Crippen molar-refractivity contribution in [3.8, 4) is 11.5 Å². The van der Waals surface area contributed by atoms with E-state index in [1.54, 1.807) is 25.1 Å². The molecule has 11 nitrogen and oxygen atoms in total. The minimum Gasteiger partial charge on any atom is -0.493 e. The predicted molar refractivity (Wildman–Crippen MR) is 133 cm³/mol. The monoisotopic (exact) mass is 511 g/mol. The Morgan fingerprint density at radius 3 is 2.38 bits per heavy atom. The highest BCUT2D eigenvalue weighted by molar-refractivity contribution is 6.24. The van der Waals surface area contributed by atoms with Gasteiger partial charge in [0.05, 0.1) is 43.0 Å². The minimum atomic E-state index is -1.58. The lowest BCUT2D eigenvalue weighted by Crippen LogP contribution is -2.50. The summed E-state index contributed by atoms with van der Waals surface area (Å²) in [5, 5.41) is 14.4. The number of carbonyl (C=O) groups excluding carboxylic acids is 4. The van der Waals surface area contributed by atoms with Gasteiger partial charge in [0.1, 0.15) is 5.54 Å². The standard InChI is InChI=1S/C26H29N3O8/c1-6-37-20-12-15(10-11-19(20)36-5)18(13-21(31)28-26(3,4)25(34)35)29-23(32)16-8-7-9-17(27-14(2)30)22(16)24(29)33/h7-12,18H,6,13H2,1-5H3,(H,27,30)(H,28,31)(H,34,35). The Balaban J connectivity index is 2.10. The largest absolute Gasteiger partial charge is 0.493 e. The quantitative estimate of drug-likeness (QED) is 0.412. The number of hydrogen-bond acceptors (Lipinski definition) is 7. The van der Waals surface area contributed by atoms with E-state index in [9.17, 15) is 29.1 Å². The Morgan fingerprint density at radius 1 is 1.08 bits per heavy atom. The lowest BCUT2D eigenvalue weighted by atomic mass is 9.99. The Bertz CT molecular complexity index is 1270. The fourth-order valence-corrected chi connectivity index (χ4v) is 4.04. The molecule has 37 heavy (non-hydrogen) atoms. The molecule has 1 heterocycles. The van der Waals surface area contributed by atoms with Crippen LogP contribution in [-0.4, -0.2) is 58.9 Å². The van der Waals surface area contributed by atoms with E-state index >= 15 is 0 Å². The van der Waals surface area contributed by atoms with Crippen molar-refractivity contribution in [2.75, 3.05) is 19.0 Å². The van der Waals surface area contributed by atoms with Gasteiger partial charge in [0.25, 0.3) is 11.8 Å². The lowest BCUT2D eigenvalue weighted by molar-refractivity contribution is -0.146. The van der Waals surface area contributed by atoms with E-state index in [2.05, 4.69) is 10.6 Å². The molecule has 3 N–H and O–H groups in total. The molecule has 0 aliphatic carbocycles. The number of carboxylic acid groups (broad SMARTS) is 1. The predicted octanol–water partition coefficient (Wildman–Crippen LogP) is 2.76. The maximum absolute atomic E-state index is 13.6. The first kappa shape index (κ1) is 27.2. The zero-order valence-corrected chi connectivity index (χ0v) is 21.2. The van der Waals surface area contributed by atoms with Crippen LogP contribution in [0, 0.1) is 0 Å². The van der Waals surface area contributed by atoms with Gasteiger partial charge in [0, 0.05) is 6.92 Å². The molecule has 3 rings (SSSR count). The van der Waals surface area contributed by atoms with E-state index < -0.39 is 47.6 Å². The maximum Gasteiger partial charge on any atom is 0.328 e. The van der Waals surface area contributed by atoms with Crippen molar-refractivity contribution in [3.63, 3.8) is 0 Å². The van der Waals surface area contributed by atoms with Crippen LogP contribution in [0.4, 0.5) is 5.69 Å². The summed E-state index contributed by atoms with van der Waals surface area (Å²) in [6.45, 7) is 6.01. The normalized spacial score (nSPS) is 13.6. The van der Waals surface area contributed by atoms with E-state index in [0.29, 0.717) is 23.7 Å². The average Bonchev–Trinajstić information content (AvgIpc) is 3.07. The zero-order chi connectivity index (χ0) is 27.5. The second-order valence-electron chi connectivity index (χ2n) is 8.93. The Morgan fingerprint density at radius 2 is 1.78 bits per heavy atom. The van der Waals surface area contributed by atoms with Gasteiger partial charge in [-0.3, -0.25) is 24.1 Å². The second kappa shape index (κ2) is 10.7. The molecule has 1 unspecified atom stereocenters. The number of methoxy groups -OCH3 is 1. The van der Waals surface area contributed by atoms with Crippen LogP contribution in [0.25, 0.3) is 0 Å². The van der Waals surface area contributed by atoms with Crippen molar-refractivity contribution in [3.05, 3.63) is 53.1 Å².